The number of hydrogen-bond acceptors (Lipinski definition) is 1. The maximum Gasteiger partial charge on any atom is 0.166 e. The van der Waals surface area contributed by atoms with Gasteiger partial charge < -0.3 is 4.74 Å². The van der Waals surface area contributed by atoms with Gasteiger partial charge in [0.05, 0.1) is 6.61 Å². The maximum atomic E-state index is 14.8. The van der Waals surface area contributed by atoms with Gasteiger partial charge in [0.25, 0.3) is 0 Å². The molecule has 0 saturated carbocycles. The molecule has 5 rings (SSSR count). The van der Waals surface area contributed by atoms with Gasteiger partial charge in [-0.3, -0.25) is 0 Å². The van der Waals surface area contributed by atoms with Gasteiger partial charge in [-0.05, 0) is 52.3 Å². The molecule has 4 heteroatoms. The van der Waals surface area contributed by atoms with Gasteiger partial charge in [0, 0.05) is 11.1 Å². The number of halogens is 3. The second-order valence-corrected chi connectivity index (χ2v) is 8.48. The topological polar surface area (TPSA) is 12.5 Å². The lowest BCUT2D eigenvalue weighted by Gasteiger charge is -2.10. The average molecular weight is 457 g/mol. The number of rotatable bonds is 7. The molecule has 4 aromatic carbocycles. The van der Waals surface area contributed by atoms with Gasteiger partial charge in [-0.1, -0.05) is 85.5 Å². The first-order valence-corrected chi connectivity index (χ1v) is 11.2. The lowest BCUT2D eigenvalue weighted by atomic mass is 9.97. The van der Waals surface area contributed by atoms with E-state index in [9.17, 15) is 13.2 Å². The Morgan fingerprint density at radius 2 is 1.41 bits per heavy atom. The average Bonchev–Trinajstić information content (AvgIpc) is 3.71. The zero-order valence-corrected chi connectivity index (χ0v) is 18.5. The van der Waals surface area contributed by atoms with Gasteiger partial charge >= 0.3 is 0 Å². The summed E-state index contributed by atoms with van der Waals surface area (Å²) in [5.41, 5.74) is 5.23. The molecule has 1 unspecified atom stereocenters. The molecule has 1 nitrogen and oxygen atoms in total. The summed E-state index contributed by atoms with van der Waals surface area (Å²) in [6.45, 7) is 4.34. The predicted molar refractivity (Wildman–Crippen MR) is 130 cm³/mol. The highest BCUT2D eigenvalue weighted by molar-refractivity contribution is 5.67. The van der Waals surface area contributed by atoms with Crippen molar-refractivity contribution in [3.8, 4) is 22.3 Å². The Kier molecular flexibility index (Phi) is 6.08. The summed E-state index contributed by atoms with van der Waals surface area (Å²) >= 11 is 0. The van der Waals surface area contributed by atoms with Crippen LogP contribution < -0.4 is 0 Å². The minimum Gasteiger partial charge on any atom is -0.368 e. The van der Waals surface area contributed by atoms with Gasteiger partial charge in [0.2, 0.25) is 0 Å². The first kappa shape index (κ1) is 22.2. The SMILES string of the molecule is C=Cc1ccc(-c2ccc(CCc3ccc(-c4ccc(C5CO5)cc4F)cc3)c(F)c2F)cc1. The zero-order chi connectivity index (χ0) is 23.7. The molecule has 0 radical (unpaired) electrons. The zero-order valence-electron chi connectivity index (χ0n) is 18.5. The van der Waals surface area contributed by atoms with Gasteiger partial charge in [-0.25, -0.2) is 13.2 Å². The van der Waals surface area contributed by atoms with Crippen LogP contribution in [0.3, 0.4) is 0 Å². The predicted octanol–water partition coefficient (Wildman–Crippen LogP) is 7.94. The van der Waals surface area contributed by atoms with E-state index in [1.807, 2.05) is 42.5 Å². The molecule has 0 amide bonds. The molecular weight excluding hydrogens is 433 g/mol. The largest absolute Gasteiger partial charge is 0.368 e. The van der Waals surface area contributed by atoms with Crippen LogP contribution in [0.1, 0.15) is 28.4 Å². The van der Waals surface area contributed by atoms with Crippen LogP contribution in [-0.2, 0) is 17.6 Å². The number of hydrogen-bond donors (Lipinski definition) is 0. The van der Waals surface area contributed by atoms with Crippen LogP contribution in [0.15, 0.2) is 85.4 Å². The summed E-state index contributed by atoms with van der Waals surface area (Å²) in [5, 5.41) is 0. The van der Waals surface area contributed by atoms with Crippen LogP contribution in [0.2, 0.25) is 0 Å². The molecule has 0 N–H and O–H groups in total. The quantitative estimate of drug-likeness (QED) is 0.257. The van der Waals surface area contributed by atoms with E-state index in [2.05, 4.69) is 6.58 Å². The van der Waals surface area contributed by atoms with Crippen molar-refractivity contribution in [1.82, 2.24) is 0 Å². The van der Waals surface area contributed by atoms with E-state index in [4.69, 9.17) is 4.74 Å². The lowest BCUT2D eigenvalue weighted by Crippen LogP contribution is -2.00. The fraction of sp³-hybridized carbons (Fsp3) is 0.133. The summed E-state index contributed by atoms with van der Waals surface area (Å²) in [6.07, 6.45) is 2.63. The van der Waals surface area contributed by atoms with Gasteiger partial charge in [-0.15, -0.1) is 0 Å². The molecule has 0 spiro atoms. The molecule has 4 aromatic rings. The normalized spacial score (nSPS) is 14.7. The highest BCUT2D eigenvalue weighted by Crippen LogP contribution is 2.33. The van der Waals surface area contributed by atoms with E-state index < -0.39 is 11.6 Å². The van der Waals surface area contributed by atoms with E-state index in [-0.39, 0.29) is 17.5 Å². The van der Waals surface area contributed by atoms with Crippen molar-refractivity contribution in [2.45, 2.75) is 18.9 Å². The molecule has 0 aliphatic carbocycles. The molecule has 1 aliphatic rings. The Labute approximate surface area is 197 Å². The molecule has 1 fully saturated rings. The third kappa shape index (κ3) is 4.55. The molecule has 1 aliphatic heterocycles. The molecule has 1 heterocycles. The summed E-state index contributed by atoms with van der Waals surface area (Å²) in [5.74, 6) is -1.93. The molecule has 1 atom stereocenters. The van der Waals surface area contributed by atoms with Crippen molar-refractivity contribution >= 4 is 6.08 Å². The Hall–Kier alpha value is -3.63. The van der Waals surface area contributed by atoms with Crippen molar-refractivity contribution < 1.29 is 17.9 Å². The Morgan fingerprint density at radius 3 is 2.06 bits per heavy atom. The van der Waals surface area contributed by atoms with Crippen LogP contribution in [0.4, 0.5) is 13.2 Å². The molecule has 0 aromatic heterocycles. The molecule has 170 valence electrons. The van der Waals surface area contributed by atoms with Crippen molar-refractivity contribution in [3.05, 3.63) is 125 Å². The summed E-state index contributed by atoms with van der Waals surface area (Å²) in [7, 11) is 0. The van der Waals surface area contributed by atoms with Crippen molar-refractivity contribution in [2.75, 3.05) is 6.61 Å². The van der Waals surface area contributed by atoms with E-state index in [1.54, 1.807) is 36.4 Å². The second kappa shape index (κ2) is 9.32. The fourth-order valence-corrected chi connectivity index (χ4v) is 4.14. The highest BCUT2D eigenvalue weighted by atomic mass is 19.2. The van der Waals surface area contributed by atoms with Crippen LogP contribution in [0, 0.1) is 17.5 Å². The van der Waals surface area contributed by atoms with Crippen LogP contribution >= 0.6 is 0 Å². The summed E-state index contributed by atoms with van der Waals surface area (Å²) in [4.78, 5) is 0. The van der Waals surface area contributed by atoms with Crippen LogP contribution in [-0.4, -0.2) is 6.61 Å². The fourth-order valence-electron chi connectivity index (χ4n) is 4.14. The summed E-state index contributed by atoms with van der Waals surface area (Å²) in [6, 6.07) is 23.1. The van der Waals surface area contributed by atoms with E-state index in [0.29, 0.717) is 36.1 Å². The molecule has 0 bridgehead atoms. The van der Waals surface area contributed by atoms with Gasteiger partial charge in [-0.2, -0.15) is 0 Å². The Balaban J connectivity index is 1.28. The first-order valence-electron chi connectivity index (χ1n) is 11.2. The van der Waals surface area contributed by atoms with Crippen LogP contribution in [0.25, 0.3) is 28.3 Å². The van der Waals surface area contributed by atoms with E-state index >= 15 is 0 Å². The first-order chi connectivity index (χ1) is 16.5. The molecule has 1 saturated heterocycles. The third-order valence-electron chi connectivity index (χ3n) is 6.27. The standard InChI is InChI=1S/C30H23F3O/c1-2-19-3-8-22(9-4-19)26-16-13-23(29(32)30(26)33)12-7-20-5-10-21(11-6-20)25-15-14-24(17-27(25)31)28-18-34-28/h2-6,8-11,13-17,28H,1,7,12,18H2. The Bertz CT molecular complexity index is 1340. The number of aryl methyl sites for hydroxylation is 2. The number of epoxide rings is 1. The minimum atomic E-state index is -0.838. The Morgan fingerprint density at radius 1 is 0.765 bits per heavy atom. The van der Waals surface area contributed by atoms with Gasteiger partial charge in [0.1, 0.15) is 11.9 Å². The maximum absolute atomic E-state index is 14.8. The van der Waals surface area contributed by atoms with Gasteiger partial charge in [0.15, 0.2) is 11.6 Å². The van der Waals surface area contributed by atoms with Crippen LogP contribution in [0.5, 0.6) is 0 Å². The molecule has 34 heavy (non-hydrogen) atoms. The monoisotopic (exact) mass is 456 g/mol. The lowest BCUT2D eigenvalue weighted by molar-refractivity contribution is 0.415. The summed E-state index contributed by atoms with van der Waals surface area (Å²) < 4.78 is 49.3. The highest BCUT2D eigenvalue weighted by Gasteiger charge is 2.25. The van der Waals surface area contributed by atoms with Crippen molar-refractivity contribution in [1.29, 1.82) is 0 Å². The smallest absolute Gasteiger partial charge is 0.166 e. The van der Waals surface area contributed by atoms with E-state index in [1.165, 1.54) is 6.07 Å². The number of ether oxygens (including phenoxy) is 1. The molecular formula is C30H23F3O. The number of benzene rings is 4. The van der Waals surface area contributed by atoms with E-state index in [0.717, 1.165) is 22.3 Å². The second-order valence-electron chi connectivity index (χ2n) is 8.48. The minimum absolute atomic E-state index is 0.0167. The van der Waals surface area contributed by atoms with Crippen molar-refractivity contribution in [3.63, 3.8) is 0 Å². The third-order valence-corrected chi connectivity index (χ3v) is 6.27. The van der Waals surface area contributed by atoms with Crippen molar-refractivity contribution in [2.24, 2.45) is 0 Å².